The van der Waals surface area contributed by atoms with Gasteiger partial charge in [-0.3, -0.25) is 4.79 Å². The van der Waals surface area contributed by atoms with Crippen LogP contribution in [0.5, 0.6) is 5.75 Å². The summed E-state index contributed by atoms with van der Waals surface area (Å²) in [5, 5.41) is 13.4. The fourth-order valence-electron chi connectivity index (χ4n) is 4.91. The van der Waals surface area contributed by atoms with Crippen molar-refractivity contribution in [2.75, 3.05) is 43.6 Å². The van der Waals surface area contributed by atoms with Crippen molar-refractivity contribution in [3.8, 4) is 22.9 Å². The summed E-state index contributed by atoms with van der Waals surface area (Å²) in [4.78, 5) is 18.9. The van der Waals surface area contributed by atoms with Gasteiger partial charge in [0.05, 0.1) is 22.9 Å². The maximum absolute atomic E-state index is 12.3. The van der Waals surface area contributed by atoms with Crippen molar-refractivity contribution in [3.05, 3.63) is 42.0 Å². The Kier molecular flexibility index (Phi) is 5.72. The topological polar surface area (TPSA) is 84.2 Å². The van der Waals surface area contributed by atoms with Gasteiger partial charge in [0.15, 0.2) is 5.84 Å². The van der Waals surface area contributed by atoms with Crippen molar-refractivity contribution in [2.24, 2.45) is 5.10 Å². The van der Waals surface area contributed by atoms with Crippen LogP contribution >= 0.6 is 12.4 Å². The monoisotopic (exact) mass is 466 g/mol. The third kappa shape index (κ3) is 3.67. The van der Waals surface area contributed by atoms with E-state index in [9.17, 15) is 10.1 Å². The summed E-state index contributed by atoms with van der Waals surface area (Å²) in [6.45, 7) is 6.34. The SMILES string of the molecule is CC1C(=O)NN=C2COc3cc(-c4ccc(C#N)cc4)c(N(C)C4(C)CN(C)C4)cc3N21.Cl. The highest BCUT2D eigenvalue weighted by Crippen LogP contribution is 2.45. The summed E-state index contributed by atoms with van der Waals surface area (Å²) < 4.78 is 6.06. The van der Waals surface area contributed by atoms with Crippen LogP contribution in [0.2, 0.25) is 0 Å². The molecule has 1 saturated heterocycles. The number of carbonyl (C=O) groups excluding carboxylic acids is 1. The molecule has 0 spiro atoms. The molecule has 1 fully saturated rings. The molecule has 3 aliphatic rings. The number of likely N-dealkylation sites (N-methyl/N-ethyl adjacent to an activating group) is 2. The molecule has 172 valence electrons. The molecule has 0 bridgehead atoms. The van der Waals surface area contributed by atoms with Gasteiger partial charge in [-0.2, -0.15) is 10.4 Å². The van der Waals surface area contributed by atoms with Crippen LogP contribution in [-0.4, -0.2) is 62.0 Å². The first-order chi connectivity index (χ1) is 15.3. The molecule has 3 aliphatic heterocycles. The number of likely N-dealkylation sites (tertiary alicyclic amines) is 1. The summed E-state index contributed by atoms with van der Waals surface area (Å²) in [7, 11) is 4.24. The molecule has 1 unspecified atom stereocenters. The molecule has 9 heteroatoms. The molecule has 1 amide bonds. The fourth-order valence-corrected chi connectivity index (χ4v) is 4.91. The minimum absolute atomic E-state index is 0. The van der Waals surface area contributed by atoms with E-state index in [2.05, 4.69) is 53.5 Å². The van der Waals surface area contributed by atoms with E-state index in [4.69, 9.17) is 4.74 Å². The number of halogens is 1. The highest BCUT2D eigenvalue weighted by molar-refractivity contribution is 6.10. The van der Waals surface area contributed by atoms with Crippen molar-refractivity contribution in [2.45, 2.75) is 25.4 Å². The Hall–Kier alpha value is -3.28. The number of hydrogen-bond acceptors (Lipinski definition) is 7. The van der Waals surface area contributed by atoms with Gasteiger partial charge in [0, 0.05) is 31.4 Å². The van der Waals surface area contributed by atoms with Crippen LogP contribution in [0, 0.1) is 11.3 Å². The molecule has 0 saturated carbocycles. The molecule has 1 atom stereocenters. The van der Waals surface area contributed by atoms with Crippen LogP contribution in [0.3, 0.4) is 0 Å². The number of anilines is 2. The zero-order valence-corrected chi connectivity index (χ0v) is 19.9. The van der Waals surface area contributed by atoms with Gasteiger partial charge >= 0.3 is 0 Å². The van der Waals surface area contributed by atoms with Crippen LogP contribution in [0.25, 0.3) is 11.1 Å². The van der Waals surface area contributed by atoms with Gasteiger partial charge in [-0.1, -0.05) is 12.1 Å². The molecule has 2 aromatic rings. The molecule has 5 rings (SSSR count). The molecule has 0 radical (unpaired) electrons. The number of nitrogens with one attached hydrogen (secondary N) is 1. The molecule has 8 nitrogen and oxygen atoms in total. The zero-order valence-electron chi connectivity index (χ0n) is 19.1. The number of nitriles is 1. The summed E-state index contributed by atoms with van der Waals surface area (Å²) in [5.41, 5.74) is 7.12. The Labute approximate surface area is 199 Å². The standard InChI is InChI=1S/C24H26N6O2.ClH/c1-15-23(31)27-26-22-12-32-21-9-18(17-7-5-16(11-25)6-8-17)19(10-20(21)30(15)22)29(4)24(2)13-28(3)14-24;/h5-10,15H,12-14H2,1-4H3,(H,27,31);1H. The van der Waals surface area contributed by atoms with E-state index >= 15 is 0 Å². The number of carbonyl (C=O) groups is 1. The van der Waals surface area contributed by atoms with Crippen LogP contribution in [0.4, 0.5) is 11.4 Å². The Morgan fingerprint density at radius 1 is 1.27 bits per heavy atom. The lowest BCUT2D eigenvalue weighted by Crippen LogP contribution is -2.66. The van der Waals surface area contributed by atoms with E-state index in [-0.39, 0.29) is 29.9 Å². The van der Waals surface area contributed by atoms with E-state index in [1.165, 1.54) is 0 Å². The minimum atomic E-state index is -0.380. The normalized spacial score (nSPS) is 20.6. The Bertz CT molecular complexity index is 1170. The van der Waals surface area contributed by atoms with E-state index in [1.807, 2.05) is 42.2 Å². The molecule has 3 heterocycles. The maximum atomic E-state index is 12.3. The van der Waals surface area contributed by atoms with Crippen molar-refractivity contribution >= 4 is 35.5 Å². The number of amides is 1. The third-order valence-corrected chi connectivity index (χ3v) is 6.75. The molecule has 0 aliphatic carbocycles. The Balaban J connectivity index is 0.00000259. The van der Waals surface area contributed by atoms with Crippen molar-refractivity contribution in [3.63, 3.8) is 0 Å². The lowest BCUT2D eigenvalue weighted by atomic mass is 9.89. The summed E-state index contributed by atoms with van der Waals surface area (Å²) in [6.07, 6.45) is 0. The quantitative estimate of drug-likeness (QED) is 0.748. The van der Waals surface area contributed by atoms with Crippen LogP contribution in [0.15, 0.2) is 41.5 Å². The number of amidine groups is 1. The second kappa shape index (κ2) is 8.25. The number of nitrogens with zero attached hydrogens (tertiary/aromatic N) is 5. The third-order valence-electron chi connectivity index (χ3n) is 6.75. The maximum Gasteiger partial charge on any atom is 0.262 e. The number of rotatable bonds is 3. The number of hydrogen-bond donors (Lipinski definition) is 1. The van der Waals surface area contributed by atoms with E-state index in [0.717, 1.165) is 41.3 Å². The lowest BCUT2D eigenvalue weighted by molar-refractivity contribution is -0.122. The van der Waals surface area contributed by atoms with E-state index < -0.39 is 0 Å². The predicted octanol–water partition coefficient (Wildman–Crippen LogP) is 2.82. The van der Waals surface area contributed by atoms with Gasteiger partial charge in [-0.25, -0.2) is 5.43 Å². The smallest absolute Gasteiger partial charge is 0.262 e. The van der Waals surface area contributed by atoms with Gasteiger partial charge in [-0.05, 0) is 50.7 Å². The van der Waals surface area contributed by atoms with Gasteiger partial charge in [-0.15, -0.1) is 12.4 Å². The van der Waals surface area contributed by atoms with Gasteiger partial charge in [0.25, 0.3) is 5.91 Å². The zero-order chi connectivity index (χ0) is 22.6. The van der Waals surface area contributed by atoms with E-state index in [0.29, 0.717) is 18.0 Å². The second-order valence-electron chi connectivity index (χ2n) is 9.09. The largest absolute Gasteiger partial charge is 0.483 e. The van der Waals surface area contributed by atoms with Crippen LogP contribution < -0.4 is 20.0 Å². The van der Waals surface area contributed by atoms with Gasteiger partial charge < -0.3 is 19.4 Å². The Morgan fingerprint density at radius 3 is 2.61 bits per heavy atom. The van der Waals surface area contributed by atoms with Crippen molar-refractivity contribution in [1.29, 1.82) is 5.26 Å². The van der Waals surface area contributed by atoms with Gasteiger partial charge in [0.2, 0.25) is 0 Å². The number of fused-ring (bicyclic) bond motifs is 3. The van der Waals surface area contributed by atoms with E-state index in [1.54, 1.807) is 0 Å². The molecule has 1 N–H and O–H groups in total. The average molecular weight is 467 g/mol. The summed E-state index contributed by atoms with van der Waals surface area (Å²) in [6, 6.07) is 13.6. The molecule has 33 heavy (non-hydrogen) atoms. The van der Waals surface area contributed by atoms with Crippen LogP contribution in [-0.2, 0) is 4.79 Å². The minimum Gasteiger partial charge on any atom is -0.483 e. The number of benzene rings is 2. The summed E-state index contributed by atoms with van der Waals surface area (Å²) >= 11 is 0. The molecular formula is C24H27ClN6O2. The Morgan fingerprint density at radius 2 is 1.97 bits per heavy atom. The lowest BCUT2D eigenvalue weighted by Gasteiger charge is -2.53. The molecule has 2 aromatic carbocycles. The van der Waals surface area contributed by atoms with Crippen molar-refractivity contribution in [1.82, 2.24) is 10.3 Å². The van der Waals surface area contributed by atoms with Gasteiger partial charge in [0.1, 0.15) is 18.4 Å². The second-order valence-corrected chi connectivity index (χ2v) is 9.09. The first-order valence-corrected chi connectivity index (χ1v) is 10.7. The predicted molar refractivity (Wildman–Crippen MR) is 131 cm³/mol. The molecular weight excluding hydrogens is 440 g/mol. The highest BCUT2D eigenvalue weighted by atomic mass is 35.5. The van der Waals surface area contributed by atoms with Crippen molar-refractivity contribution < 1.29 is 9.53 Å². The fraction of sp³-hybridized carbons (Fsp3) is 0.375. The first kappa shape index (κ1) is 22.9. The number of ether oxygens (including phenoxy) is 1. The number of hydrazone groups is 1. The average Bonchev–Trinajstić information content (AvgIpc) is 2.79. The molecule has 0 aromatic heterocycles. The highest BCUT2D eigenvalue weighted by Gasteiger charge is 2.42. The van der Waals surface area contributed by atoms with Crippen LogP contribution in [0.1, 0.15) is 19.4 Å². The first-order valence-electron chi connectivity index (χ1n) is 10.7. The summed E-state index contributed by atoms with van der Waals surface area (Å²) in [5.74, 6) is 1.28.